The minimum absolute atomic E-state index is 0.647. The largest absolute Gasteiger partial charge is 0.363 e. The molecule has 0 aliphatic carbocycles. The highest BCUT2D eigenvalue weighted by molar-refractivity contribution is 5.37. The number of anilines is 1. The molecule has 1 aromatic heterocycles. The highest BCUT2D eigenvalue weighted by atomic mass is 15.1. The fourth-order valence-corrected chi connectivity index (χ4v) is 2.99. The number of rotatable bonds is 12. The standard InChI is InChI=1S/C20H36N2/c1-5-7-9-11-14-18(15-12-10-8-6-2)19-16-13-17-20(21-19)22(3)4/h13,16-18H,5-12,14-15H2,1-4H3. The molecule has 0 amide bonds. The average molecular weight is 305 g/mol. The normalized spacial score (nSPS) is 11.1. The minimum atomic E-state index is 0.647. The second kappa shape index (κ2) is 11.5. The van der Waals surface area contributed by atoms with E-state index in [2.05, 4.69) is 51.0 Å². The lowest BCUT2D eigenvalue weighted by Crippen LogP contribution is -2.12. The van der Waals surface area contributed by atoms with Crippen molar-refractivity contribution in [1.82, 2.24) is 4.98 Å². The van der Waals surface area contributed by atoms with E-state index >= 15 is 0 Å². The zero-order valence-corrected chi connectivity index (χ0v) is 15.3. The summed E-state index contributed by atoms with van der Waals surface area (Å²) >= 11 is 0. The SMILES string of the molecule is CCCCCCC(CCCCCC)c1cccc(N(C)C)n1. The van der Waals surface area contributed by atoms with Gasteiger partial charge < -0.3 is 4.90 Å². The van der Waals surface area contributed by atoms with Crippen molar-refractivity contribution in [3.05, 3.63) is 23.9 Å². The van der Waals surface area contributed by atoms with E-state index in [1.165, 1.54) is 69.9 Å². The fraction of sp³-hybridized carbons (Fsp3) is 0.750. The molecule has 0 bridgehead atoms. The molecule has 0 atom stereocenters. The second-order valence-electron chi connectivity index (χ2n) is 6.71. The van der Waals surface area contributed by atoms with Crippen LogP contribution in [0, 0.1) is 0 Å². The number of hydrogen-bond acceptors (Lipinski definition) is 2. The van der Waals surface area contributed by atoms with Crippen molar-refractivity contribution in [2.75, 3.05) is 19.0 Å². The van der Waals surface area contributed by atoms with Gasteiger partial charge in [0.05, 0.1) is 0 Å². The first-order chi connectivity index (χ1) is 10.7. The Morgan fingerprint density at radius 2 is 1.45 bits per heavy atom. The maximum atomic E-state index is 4.90. The van der Waals surface area contributed by atoms with Gasteiger partial charge in [-0.3, -0.25) is 0 Å². The molecule has 0 radical (unpaired) electrons. The van der Waals surface area contributed by atoms with Gasteiger partial charge in [0.1, 0.15) is 5.82 Å². The molecule has 1 rings (SSSR count). The third-order valence-electron chi connectivity index (χ3n) is 4.44. The van der Waals surface area contributed by atoms with Crippen LogP contribution in [0.2, 0.25) is 0 Å². The van der Waals surface area contributed by atoms with Gasteiger partial charge in [-0.1, -0.05) is 71.3 Å². The van der Waals surface area contributed by atoms with Crippen molar-refractivity contribution in [2.24, 2.45) is 0 Å². The van der Waals surface area contributed by atoms with E-state index in [1.54, 1.807) is 0 Å². The molecule has 2 nitrogen and oxygen atoms in total. The molecular formula is C20H36N2. The Morgan fingerprint density at radius 1 is 0.864 bits per heavy atom. The van der Waals surface area contributed by atoms with Gasteiger partial charge in [-0.25, -0.2) is 4.98 Å². The van der Waals surface area contributed by atoms with Crippen LogP contribution in [0.25, 0.3) is 0 Å². The summed E-state index contributed by atoms with van der Waals surface area (Å²) in [6, 6.07) is 6.51. The molecule has 0 fully saturated rings. The highest BCUT2D eigenvalue weighted by Crippen LogP contribution is 2.28. The predicted octanol–water partition coefficient (Wildman–Crippen LogP) is 6.17. The highest BCUT2D eigenvalue weighted by Gasteiger charge is 2.13. The van der Waals surface area contributed by atoms with Crippen LogP contribution in [0.1, 0.15) is 89.7 Å². The van der Waals surface area contributed by atoms with Gasteiger partial charge in [0.2, 0.25) is 0 Å². The lowest BCUT2D eigenvalue weighted by molar-refractivity contribution is 0.489. The van der Waals surface area contributed by atoms with Crippen molar-refractivity contribution in [1.29, 1.82) is 0 Å². The molecule has 0 saturated heterocycles. The molecule has 0 aromatic carbocycles. The molecule has 1 aromatic rings. The average Bonchev–Trinajstić information content (AvgIpc) is 2.53. The minimum Gasteiger partial charge on any atom is -0.363 e. The Morgan fingerprint density at radius 3 is 1.95 bits per heavy atom. The maximum absolute atomic E-state index is 4.90. The van der Waals surface area contributed by atoms with Crippen LogP contribution in [0.4, 0.5) is 5.82 Å². The lowest BCUT2D eigenvalue weighted by atomic mass is 9.91. The van der Waals surface area contributed by atoms with Crippen molar-refractivity contribution in [2.45, 2.75) is 84.0 Å². The number of pyridine rings is 1. The molecule has 0 saturated carbocycles. The molecule has 0 unspecified atom stereocenters. The molecule has 0 spiro atoms. The topological polar surface area (TPSA) is 16.1 Å². The number of unbranched alkanes of at least 4 members (excludes halogenated alkanes) is 6. The van der Waals surface area contributed by atoms with Crippen LogP contribution in [0.15, 0.2) is 18.2 Å². The molecule has 0 aliphatic rings. The van der Waals surface area contributed by atoms with Crippen LogP contribution in [-0.4, -0.2) is 19.1 Å². The Balaban J connectivity index is 2.63. The van der Waals surface area contributed by atoms with Crippen LogP contribution in [0.3, 0.4) is 0 Å². The zero-order valence-electron chi connectivity index (χ0n) is 15.3. The summed E-state index contributed by atoms with van der Waals surface area (Å²) in [6.07, 6.45) is 13.4. The fourth-order valence-electron chi connectivity index (χ4n) is 2.99. The smallest absolute Gasteiger partial charge is 0.128 e. The summed E-state index contributed by atoms with van der Waals surface area (Å²) in [4.78, 5) is 7.00. The van der Waals surface area contributed by atoms with E-state index in [0.29, 0.717) is 5.92 Å². The monoisotopic (exact) mass is 304 g/mol. The summed E-state index contributed by atoms with van der Waals surface area (Å²) in [5.74, 6) is 1.73. The third-order valence-corrected chi connectivity index (χ3v) is 4.44. The van der Waals surface area contributed by atoms with E-state index < -0.39 is 0 Å². The first-order valence-corrected chi connectivity index (χ1v) is 9.33. The Kier molecular flexibility index (Phi) is 9.94. The van der Waals surface area contributed by atoms with Crippen molar-refractivity contribution < 1.29 is 0 Å². The van der Waals surface area contributed by atoms with Gasteiger partial charge in [-0.15, -0.1) is 0 Å². The third kappa shape index (κ3) is 7.29. The van der Waals surface area contributed by atoms with Gasteiger partial charge in [0.15, 0.2) is 0 Å². The zero-order chi connectivity index (χ0) is 16.2. The molecule has 0 N–H and O–H groups in total. The summed E-state index contributed by atoms with van der Waals surface area (Å²) in [5.41, 5.74) is 1.30. The molecule has 0 aliphatic heterocycles. The van der Waals surface area contributed by atoms with E-state index in [0.717, 1.165) is 5.82 Å². The lowest BCUT2D eigenvalue weighted by Gasteiger charge is -2.19. The van der Waals surface area contributed by atoms with Crippen LogP contribution >= 0.6 is 0 Å². The first-order valence-electron chi connectivity index (χ1n) is 9.33. The van der Waals surface area contributed by atoms with E-state index in [4.69, 9.17) is 4.98 Å². The van der Waals surface area contributed by atoms with Crippen LogP contribution in [-0.2, 0) is 0 Å². The van der Waals surface area contributed by atoms with Crippen molar-refractivity contribution >= 4 is 5.82 Å². The van der Waals surface area contributed by atoms with Crippen molar-refractivity contribution in [3.8, 4) is 0 Å². The number of hydrogen-bond donors (Lipinski definition) is 0. The quantitative estimate of drug-likeness (QED) is 0.429. The van der Waals surface area contributed by atoms with Gasteiger partial charge in [-0.05, 0) is 25.0 Å². The molecule has 1 heterocycles. The van der Waals surface area contributed by atoms with Gasteiger partial charge in [0, 0.05) is 25.7 Å². The maximum Gasteiger partial charge on any atom is 0.128 e. The summed E-state index contributed by atoms with van der Waals surface area (Å²) in [7, 11) is 4.15. The molecule has 126 valence electrons. The van der Waals surface area contributed by atoms with E-state index in [1.807, 2.05) is 0 Å². The number of aromatic nitrogens is 1. The van der Waals surface area contributed by atoms with Crippen LogP contribution < -0.4 is 4.90 Å². The first kappa shape index (κ1) is 19.0. The molecule has 22 heavy (non-hydrogen) atoms. The molecular weight excluding hydrogens is 268 g/mol. The summed E-state index contributed by atoms with van der Waals surface area (Å²) < 4.78 is 0. The Bertz CT molecular complexity index is 375. The number of nitrogens with zero attached hydrogens (tertiary/aromatic N) is 2. The summed E-state index contributed by atoms with van der Waals surface area (Å²) in [5, 5.41) is 0. The van der Waals surface area contributed by atoms with Crippen LogP contribution in [0.5, 0.6) is 0 Å². The molecule has 2 heteroatoms. The van der Waals surface area contributed by atoms with Gasteiger partial charge in [-0.2, -0.15) is 0 Å². The van der Waals surface area contributed by atoms with Gasteiger partial charge >= 0.3 is 0 Å². The summed E-state index contributed by atoms with van der Waals surface area (Å²) in [6.45, 7) is 4.56. The van der Waals surface area contributed by atoms with E-state index in [9.17, 15) is 0 Å². The second-order valence-corrected chi connectivity index (χ2v) is 6.71. The predicted molar refractivity (Wildman–Crippen MR) is 98.8 cm³/mol. The van der Waals surface area contributed by atoms with E-state index in [-0.39, 0.29) is 0 Å². The van der Waals surface area contributed by atoms with Crippen molar-refractivity contribution in [3.63, 3.8) is 0 Å². The Hall–Kier alpha value is -1.05. The van der Waals surface area contributed by atoms with Gasteiger partial charge in [0.25, 0.3) is 0 Å². The Labute approximate surface area is 138 Å².